The number of carbonyl (C=O) groups is 1. The van der Waals surface area contributed by atoms with Crippen LogP contribution < -0.4 is 0 Å². The minimum Gasteiger partial charge on any atom is -0.481 e. The molecule has 0 aromatic heterocycles. The summed E-state index contributed by atoms with van der Waals surface area (Å²) in [7, 11) is 0. The number of carboxylic acid groups (broad SMARTS) is 1. The number of hydrogen-bond acceptors (Lipinski definition) is 2. The molecule has 0 amide bonds. The van der Waals surface area contributed by atoms with Gasteiger partial charge < -0.3 is 9.84 Å². The molecule has 1 saturated heterocycles. The van der Waals surface area contributed by atoms with E-state index in [0.29, 0.717) is 18.6 Å². The summed E-state index contributed by atoms with van der Waals surface area (Å²) in [4.78, 5) is 10.3. The number of hydrogen-bond donors (Lipinski definition) is 1. The predicted octanol–water partition coefficient (Wildman–Crippen LogP) is 5.76. The van der Waals surface area contributed by atoms with Crippen LogP contribution in [0.25, 0.3) is 0 Å². The Hall–Kier alpha value is -1.87. The zero-order chi connectivity index (χ0) is 18.2. The fourth-order valence-corrected chi connectivity index (χ4v) is 2.38. The molecule has 0 aliphatic carbocycles. The molecule has 1 aliphatic rings. The molecule has 2 atom stereocenters. The Morgan fingerprint density at radius 3 is 1.72 bits per heavy atom. The van der Waals surface area contributed by atoms with Crippen LogP contribution in [0.1, 0.15) is 58.3 Å². The molecule has 0 spiro atoms. The molecule has 3 nitrogen and oxygen atoms in total. The van der Waals surface area contributed by atoms with Crippen LogP contribution in [0.4, 0.5) is 0 Å². The van der Waals surface area contributed by atoms with E-state index in [1.807, 2.05) is 12.2 Å². The van der Waals surface area contributed by atoms with E-state index in [4.69, 9.17) is 9.84 Å². The van der Waals surface area contributed by atoms with Gasteiger partial charge in [-0.1, -0.05) is 67.7 Å². The van der Waals surface area contributed by atoms with Gasteiger partial charge >= 0.3 is 5.97 Å². The Bertz CT molecular complexity index is 497. The van der Waals surface area contributed by atoms with Crippen molar-refractivity contribution in [1.82, 2.24) is 0 Å². The quantitative estimate of drug-likeness (QED) is 0.322. The van der Waals surface area contributed by atoms with Crippen molar-refractivity contribution in [1.29, 1.82) is 0 Å². The van der Waals surface area contributed by atoms with E-state index in [-0.39, 0.29) is 6.42 Å². The van der Waals surface area contributed by atoms with Crippen LogP contribution in [-0.4, -0.2) is 23.3 Å². The number of carboxylic acids is 1. The first-order valence-corrected chi connectivity index (χ1v) is 9.36. The van der Waals surface area contributed by atoms with Crippen LogP contribution in [0.3, 0.4) is 0 Å². The van der Waals surface area contributed by atoms with Gasteiger partial charge in [-0.2, -0.15) is 0 Å². The average molecular weight is 344 g/mol. The van der Waals surface area contributed by atoms with Crippen LogP contribution in [-0.2, 0) is 9.53 Å². The van der Waals surface area contributed by atoms with Crippen LogP contribution >= 0.6 is 0 Å². The average Bonchev–Trinajstić information content (AvgIpc) is 3.36. The Morgan fingerprint density at radius 1 is 0.800 bits per heavy atom. The van der Waals surface area contributed by atoms with E-state index in [1.165, 1.54) is 0 Å². The van der Waals surface area contributed by atoms with Crippen molar-refractivity contribution in [2.24, 2.45) is 0 Å². The van der Waals surface area contributed by atoms with Gasteiger partial charge in [0.2, 0.25) is 0 Å². The first-order valence-electron chi connectivity index (χ1n) is 9.36. The van der Waals surface area contributed by atoms with E-state index in [9.17, 15) is 4.79 Å². The molecule has 1 N–H and O–H groups in total. The Morgan fingerprint density at radius 2 is 1.28 bits per heavy atom. The molecule has 0 bridgehead atoms. The normalized spacial score (nSPS) is 20.8. The summed E-state index contributed by atoms with van der Waals surface area (Å²) in [5, 5.41) is 8.50. The zero-order valence-corrected chi connectivity index (χ0v) is 15.3. The van der Waals surface area contributed by atoms with Gasteiger partial charge in [-0.15, -0.1) is 0 Å². The highest BCUT2D eigenvalue weighted by Gasteiger charge is 2.35. The summed E-state index contributed by atoms with van der Waals surface area (Å²) in [6.45, 7) is 2.17. The smallest absolute Gasteiger partial charge is 0.303 e. The summed E-state index contributed by atoms with van der Waals surface area (Å²) in [6, 6.07) is 0. The maximum atomic E-state index is 10.3. The Labute approximate surface area is 152 Å². The van der Waals surface area contributed by atoms with Crippen molar-refractivity contribution in [3.05, 3.63) is 60.8 Å². The number of rotatable bonds is 14. The lowest BCUT2D eigenvalue weighted by atomic mass is 10.2. The third kappa shape index (κ3) is 13.1. The summed E-state index contributed by atoms with van der Waals surface area (Å²) in [5.74, 6) is -0.742. The SMILES string of the molecule is CCC1OC1C/C=C/C/C=C/C/C=C/C/C=C/C/C=C/CCC(=O)O. The summed E-state index contributed by atoms with van der Waals surface area (Å²) >= 11 is 0. The van der Waals surface area contributed by atoms with Crippen LogP contribution in [0, 0.1) is 0 Å². The molecule has 0 aromatic carbocycles. The van der Waals surface area contributed by atoms with Crippen molar-refractivity contribution in [2.45, 2.75) is 70.5 Å². The molecule has 138 valence electrons. The first kappa shape index (κ1) is 21.2. The zero-order valence-electron chi connectivity index (χ0n) is 15.3. The molecule has 0 radical (unpaired) electrons. The van der Waals surface area contributed by atoms with E-state index in [2.05, 4.69) is 55.5 Å². The molecular formula is C22H32O3. The van der Waals surface area contributed by atoms with Gasteiger partial charge in [-0.25, -0.2) is 0 Å². The topological polar surface area (TPSA) is 49.8 Å². The minimum absolute atomic E-state index is 0.209. The van der Waals surface area contributed by atoms with E-state index in [1.54, 1.807) is 0 Å². The number of epoxide rings is 1. The highest BCUT2D eigenvalue weighted by Crippen LogP contribution is 2.28. The van der Waals surface area contributed by atoms with E-state index >= 15 is 0 Å². The molecule has 1 fully saturated rings. The highest BCUT2D eigenvalue weighted by atomic mass is 16.6. The number of allylic oxidation sites excluding steroid dienone is 9. The lowest BCUT2D eigenvalue weighted by Gasteiger charge is -1.87. The minimum atomic E-state index is -0.742. The largest absolute Gasteiger partial charge is 0.481 e. The summed E-state index contributed by atoms with van der Waals surface area (Å²) in [6.07, 6.45) is 29.1. The standard InChI is InChI=1S/C22H32O3/c1-2-20-21(25-20)18-16-14-12-10-8-6-4-3-5-7-9-11-13-15-17-19-22(23)24/h3-4,7-10,13-16,20-21H,2,5-6,11-12,17-19H2,1H3,(H,23,24)/b4-3+,9-7+,10-8+,15-13+,16-14+. The third-order valence-corrected chi connectivity index (χ3v) is 3.91. The molecule has 2 unspecified atom stereocenters. The maximum absolute atomic E-state index is 10.3. The first-order chi connectivity index (χ1) is 12.2. The monoisotopic (exact) mass is 344 g/mol. The lowest BCUT2D eigenvalue weighted by molar-refractivity contribution is -0.136. The molecule has 1 rings (SSSR count). The molecular weight excluding hydrogens is 312 g/mol. The van der Waals surface area contributed by atoms with Gasteiger partial charge in [0, 0.05) is 6.42 Å². The van der Waals surface area contributed by atoms with E-state index < -0.39 is 5.97 Å². The van der Waals surface area contributed by atoms with Gasteiger partial charge in [0.25, 0.3) is 0 Å². The molecule has 0 aromatic rings. The second kappa shape index (κ2) is 14.5. The lowest BCUT2D eigenvalue weighted by Crippen LogP contribution is -1.91. The van der Waals surface area contributed by atoms with Crippen molar-refractivity contribution in [3.8, 4) is 0 Å². The fraction of sp³-hybridized carbons (Fsp3) is 0.500. The van der Waals surface area contributed by atoms with Crippen molar-refractivity contribution < 1.29 is 14.6 Å². The molecule has 0 saturated carbocycles. The second-order valence-electron chi connectivity index (χ2n) is 6.09. The van der Waals surface area contributed by atoms with Crippen molar-refractivity contribution in [2.75, 3.05) is 0 Å². The molecule has 3 heteroatoms. The van der Waals surface area contributed by atoms with Gasteiger partial charge in [0.1, 0.15) is 0 Å². The van der Waals surface area contributed by atoms with Crippen molar-refractivity contribution in [3.63, 3.8) is 0 Å². The highest BCUT2D eigenvalue weighted by molar-refractivity contribution is 5.66. The van der Waals surface area contributed by atoms with Crippen LogP contribution in [0.5, 0.6) is 0 Å². The van der Waals surface area contributed by atoms with Crippen LogP contribution in [0.15, 0.2) is 60.8 Å². The van der Waals surface area contributed by atoms with Crippen molar-refractivity contribution >= 4 is 5.97 Å². The maximum Gasteiger partial charge on any atom is 0.303 e. The van der Waals surface area contributed by atoms with Gasteiger partial charge in [0.15, 0.2) is 0 Å². The summed E-state index contributed by atoms with van der Waals surface area (Å²) < 4.78 is 5.49. The molecule has 25 heavy (non-hydrogen) atoms. The van der Waals surface area contributed by atoms with E-state index in [0.717, 1.165) is 38.5 Å². The number of ether oxygens (including phenoxy) is 1. The molecule has 1 aliphatic heterocycles. The van der Waals surface area contributed by atoms with Crippen LogP contribution in [0.2, 0.25) is 0 Å². The summed E-state index contributed by atoms with van der Waals surface area (Å²) in [5.41, 5.74) is 0. The fourth-order valence-electron chi connectivity index (χ4n) is 2.38. The second-order valence-corrected chi connectivity index (χ2v) is 6.09. The predicted molar refractivity (Wildman–Crippen MR) is 105 cm³/mol. The van der Waals surface area contributed by atoms with Gasteiger partial charge in [0.05, 0.1) is 12.2 Å². The molecule has 1 heterocycles. The number of aliphatic carboxylic acids is 1. The van der Waals surface area contributed by atoms with Gasteiger partial charge in [-0.3, -0.25) is 4.79 Å². The Balaban J connectivity index is 1.91. The van der Waals surface area contributed by atoms with Gasteiger partial charge in [-0.05, 0) is 44.9 Å². The third-order valence-electron chi connectivity index (χ3n) is 3.91. The Kier molecular flexibility index (Phi) is 12.3.